The zero-order valence-corrected chi connectivity index (χ0v) is 34.5. The first-order valence-electron chi connectivity index (χ1n) is 19.5. The number of para-hydroxylation sites is 1. The van der Waals surface area contributed by atoms with Crippen LogP contribution in [0.1, 0.15) is 43.6 Å². The zero-order chi connectivity index (χ0) is 38.0. The first-order valence-corrected chi connectivity index (χ1v) is 19.5. The van der Waals surface area contributed by atoms with E-state index in [0.717, 1.165) is 70.3 Å². The topological polar surface area (TPSA) is 44.9 Å². The molecule has 0 aliphatic rings. The predicted octanol–water partition coefficient (Wildman–Crippen LogP) is 13.0. The number of hydrogen-bond acceptors (Lipinski definition) is 3. The molecule has 0 aliphatic carbocycles. The molecule has 0 unspecified atom stereocenters. The molecule has 9 rings (SSSR count). The summed E-state index contributed by atoms with van der Waals surface area (Å²) in [6.45, 7) is 6.55. The maximum absolute atomic E-state index is 6.60. The summed E-state index contributed by atoms with van der Waals surface area (Å²) >= 11 is 0. The van der Waals surface area contributed by atoms with Crippen molar-refractivity contribution in [1.82, 2.24) is 19.3 Å². The Morgan fingerprint density at radius 1 is 0.614 bits per heavy atom. The normalized spacial score (nSPS) is 11.2. The van der Waals surface area contributed by atoms with E-state index in [2.05, 4.69) is 163 Å². The fraction of sp³-hybridized carbons (Fsp3) is 0.137. The molecule has 0 atom stereocenters. The van der Waals surface area contributed by atoms with Gasteiger partial charge in [0.1, 0.15) is 5.82 Å². The van der Waals surface area contributed by atoms with Gasteiger partial charge in [-0.3, -0.25) is 4.68 Å². The molecule has 3 aromatic heterocycles. The van der Waals surface area contributed by atoms with E-state index < -0.39 is 0 Å². The number of nitrogens with zero attached hydrogens (tertiary/aromatic N) is 4. The van der Waals surface area contributed by atoms with Gasteiger partial charge in [-0.05, 0) is 76.9 Å². The summed E-state index contributed by atoms with van der Waals surface area (Å²) in [4.78, 5) is 4.74. The molecule has 57 heavy (non-hydrogen) atoms. The Balaban J connectivity index is 0.00000455. The molecule has 6 heteroatoms. The summed E-state index contributed by atoms with van der Waals surface area (Å²) in [6.07, 6.45) is 5.50. The molecule has 6 aromatic carbocycles. The Morgan fingerprint density at radius 3 is 1.98 bits per heavy atom. The van der Waals surface area contributed by atoms with E-state index >= 15 is 0 Å². The van der Waals surface area contributed by atoms with Crippen molar-refractivity contribution in [2.45, 2.75) is 46.5 Å². The molecule has 0 radical (unpaired) electrons. The maximum atomic E-state index is 6.60. The molecular weight excluding hydrogens is 880 g/mol. The third-order valence-corrected chi connectivity index (χ3v) is 10.4. The number of ether oxygens (including phenoxy) is 1. The van der Waals surface area contributed by atoms with Gasteiger partial charge in [0.15, 0.2) is 0 Å². The van der Waals surface area contributed by atoms with Gasteiger partial charge < -0.3 is 9.30 Å². The van der Waals surface area contributed by atoms with E-state index in [1.165, 1.54) is 39.1 Å². The van der Waals surface area contributed by atoms with E-state index in [9.17, 15) is 0 Å². The van der Waals surface area contributed by atoms with Crippen LogP contribution >= 0.6 is 0 Å². The molecule has 0 fully saturated rings. The third-order valence-electron chi connectivity index (χ3n) is 10.4. The van der Waals surface area contributed by atoms with Gasteiger partial charge in [-0.1, -0.05) is 129 Å². The summed E-state index contributed by atoms with van der Waals surface area (Å²) in [6, 6.07) is 58.0. The number of fused-ring (bicyclic) bond motifs is 3. The van der Waals surface area contributed by atoms with Crippen molar-refractivity contribution >= 4 is 21.8 Å². The van der Waals surface area contributed by atoms with Gasteiger partial charge in [-0.15, -0.1) is 35.7 Å². The predicted molar refractivity (Wildman–Crippen MR) is 229 cm³/mol. The van der Waals surface area contributed by atoms with Crippen molar-refractivity contribution < 1.29 is 25.8 Å². The summed E-state index contributed by atoms with van der Waals surface area (Å²) < 4.78 is 10.9. The van der Waals surface area contributed by atoms with E-state index in [-0.39, 0.29) is 21.1 Å². The van der Waals surface area contributed by atoms with Crippen LogP contribution in [0.4, 0.5) is 0 Å². The van der Waals surface area contributed by atoms with Crippen molar-refractivity contribution in [2.24, 2.45) is 0 Å². The summed E-state index contributed by atoms with van der Waals surface area (Å²) in [5.41, 5.74) is 13.4. The Morgan fingerprint density at radius 2 is 1.28 bits per heavy atom. The number of aryl methyl sites for hydroxylation is 2. The van der Waals surface area contributed by atoms with Crippen LogP contribution in [-0.2, 0) is 33.9 Å². The largest absolute Gasteiger partial charge is 2.00 e. The van der Waals surface area contributed by atoms with Gasteiger partial charge in [0, 0.05) is 40.0 Å². The second-order valence-corrected chi connectivity index (χ2v) is 14.3. The van der Waals surface area contributed by atoms with Crippen LogP contribution in [0.15, 0.2) is 152 Å². The van der Waals surface area contributed by atoms with Crippen LogP contribution in [0, 0.1) is 19.1 Å². The molecular formula is C51H42N4OPt. The standard InChI is InChI=1S/C51H42N4O.Pt/c1-4-16-45-51(50-41(36-18-8-6-9-19-36)25-15-26-42(50)37-20-10-7-11-21-37)47(17-5-2)55(53-45)38-22-14-23-39(33-38)56-40-28-29-44-43-24-12-13-27-46(43)54(48(44)34-40)49-32-35(3)30-31-52-49;/h6-15,18-32H,4-5,16-17H2,1-3H3;/q-2;+2. The van der Waals surface area contributed by atoms with Gasteiger partial charge in [-0.2, -0.15) is 17.2 Å². The summed E-state index contributed by atoms with van der Waals surface area (Å²) in [5.74, 6) is 2.05. The maximum Gasteiger partial charge on any atom is 2.00 e. The van der Waals surface area contributed by atoms with Gasteiger partial charge in [0.25, 0.3) is 0 Å². The molecule has 0 aliphatic heterocycles. The van der Waals surface area contributed by atoms with E-state index in [0.29, 0.717) is 11.5 Å². The molecule has 0 bridgehead atoms. The molecule has 9 aromatic rings. The number of benzene rings is 6. The second-order valence-electron chi connectivity index (χ2n) is 14.3. The van der Waals surface area contributed by atoms with Crippen LogP contribution in [-0.4, -0.2) is 19.3 Å². The van der Waals surface area contributed by atoms with Crippen LogP contribution < -0.4 is 4.74 Å². The molecule has 0 saturated heterocycles. The SMILES string of the molecule is CCCc1nn(-c2[c-]c(Oc3[c-]c4c(cc3)c3ccccc3n4-c3cc(C)ccn3)ccc2)c(CCC)c1-c1c(-c2ccccc2)cccc1-c1ccccc1.[Pt+2]. The first kappa shape index (κ1) is 37.9. The third kappa shape index (κ3) is 7.25. The van der Waals surface area contributed by atoms with E-state index in [4.69, 9.17) is 14.8 Å². The van der Waals surface area contributed by atoms with Crippen LogP contribution in [0.25, 0.3) is 66.7 Å². The number of hydrogen-bond donors (Lipinski definition) is 0. The van der Waals surface area contributed by atoms with Crippen molar-refractivity contribution in [3.8, 4) is 56.4 Å². The van der Waals surface area contributed by atoms with Crippen molar-refractivity contribution in [3.05, 3.63) is 181 Å². The van der Waals surface area contributed by atoms with Crippen molar-refractivity contribution in [1.29, 1.82) is 0 Å². The zero-order valence-electron chi connectivity index (χ0n) is 32.3. The number of aromatic nitrogens is 4. The first-order chi connectivity index (χ1) is 27.6. The smallest absolute Gasteiger partial charge is 0.509 e. The van der Waals surface area contributed by atoms with Gasteiger partial charge in [0.2, 0.25) is 0 Å². The number of pyridine rings is 1. The monoisotopic (exact) mass is 921 g/mol. The number of rotatable bonds is 11. The van der Waals surface area contributed by atoms with Gasteiger partial charge >= 0.3 is 21.1 Å². The van der Waals surface area contributed by atoms with Crippen LogP contribution in [0.3, 0.4) is 0 Å². The van der Waals surface area contributed by atoms with Gasteiger partial charge in [0.05, 0.1) is 5.69 Å². The Kier molecular flexibility index (Phi) is 11.0. The fourth-order valence-electron chi connectivity index (χ4n) is 7.96. The van der Waals surface area contributed by atoms with Gasteiger partial charge in [-0.25, -0.2) is 4.98 Å². The average molecular weight is 922 g/mol. The molecule has 5 nitrogen and oxygen atoms in total. The van der Waals surface area contributed by atoms with E-state index in [1.807, 2.05) is 30.5 Å². The Bertz CT molecular complexity index is 2760. The minimum Gasteiger partial charge on any atom is -0.509 e. The average Bonchev–Trinajstić information content (AvgIpc) is 3.76. The molecule has 0 N–H and O–H groups in total. The molecule has 0 saturated carbocycles. The van der Waals surface area contributed by atoms with E-state index in [1.54, 1.807) is 0 Å². The molecule has 0 amide bonds. The van der Waals surface area contributed by atoms with Crippen LogP contribution in [0.2, 0.25) is 0 Å². The van der Waals surface area contributed by atoms with Crippen molar-refractivity contribution in [2.75, 3.05) is 0 Å². The minimum absolute atomic E-state index is 0. The Labute approximate surface area is 348 Å². The minimum atomic E-state index is 0. The summed E-state index contributed by atoms with van der Waals surface area (Å²) in [7, 11) is 0. The quantitative estimate of drug-likeness (QED) is 0.121. The fourth-order valence-corrected chi connectivity index (χ4v) is 7.96. The molecule has 282 valence electrons. The molecule has 3 heterocycles. The van der Waals surface area contributed by atoms with Crippen molar-refractivity contribution in [3.63, 3.8) is 0 Å². The van der Waals surface area contributed by atoms with Crippen LogP contribution in [0.5, 0.6) is 11.5 Å². The second kappa shape index (κ2) is 16.6. The Hall–Kier alpha value is -6.03. The molecule has 0 spiro atoms. The summed E-state index contributed by atoms with van der Waals surface area (Å²) in [5, 5.41) is 7.65.